The number of carbonyl (C=O) groups is 1. The molecule has 10 nitrogen and oxygen atoms in total. The molecular weight excluding hydrogens is 360 g/mol. The number of benzene rings is 2. The van der Waals surface area contributed by atoms with E-state index in [0.29, 0.717) is 29.1 Å². The highest BCUT2D eigenvalue weighted by molar-refractivity contribution is 5.82. The summed E-state index contributed by atoms with van der Waals surface area (Å²) in [6.45, 7) is 0. The van der Waals surface area contributed by atoms with E-state index < -0.39 is 5.97 Å². The van der Waals surface area contributed by atoms with Gasteiger partial charge in [-0.05, 0) is 47.3 Å². The van der Waals surface area contributed by atoms with E-state index in [0.717, 1.165) is 5.69 Å². The first kappa shape index (κ1) is 20.1. The number of carboxylic acids is 1. The van der Waals surface area contributed by atoms with Gasteiger partial charge in [-0.25, -0.2) is 0 Å². The lowest BCUT2D eigenvalue weighted by Crippen LogP contribution is -1.99. The van der Waals surface area contributed by atoms with Gasteiger partial charge in [0.05, 0.1) is 5.69 Å². The fourth-order valence-corrected chi connectivity index (χ4v) is 2.09. The largest absolute Gasteiger partial charge is 0.481 e. The minimum absolute atomic E-state index is 0.0365. The van der Waals surface area contributed by atoms with E-state index in [1.807, 2.05) is 0 Å². The van der Waals surface area contributed by atoms with Crippen LogP contribution in [0.1, 0.15) is 12.8 Å². The Kier molecular flexibility index (Phi) is 7.64. The third-order valence-corrected chi connectivity index (χ3v) is 3.47. The summed E-state index contributed by atoms with van der Waals surface area (Å²) in [5, 5.41) is 19.0. The molecule has 0 aliphatic heterocycles. The van der Waals surface area contributed by atoms with Crippen LogP contribution in [-0.2, 0) is 4.79 Å². The van der Waals surface area contributed by atoms with Crippen LogP contribution < -0.4 is 5.32 Å². The van der Waals surface area contributed by atoms with Gasteiger partial charge in [0.15, 0.2) is 0 Å². The van der Waals surface area contributed by atoms with E-state index in [9.17, 15) is 4.79 Å². The van der Waals surface area contributed by atoms with Gasteiger partial charge in [-0.2, -0.15) is 0 Å². The molecule has 0 aromatic heterocycles. The van der Waals surface area contributed by atoms with Crippen molar-refractivity contribution < 1.29 is 9.90 Å². The smallest absolute Gasteiger partial charge is 0.303 e. The molecule has 0 amide bonds. The number of rotatable bonds is 9. The van der Waals surface area contributed by atoms with Crippen molar-refractivity contribution in [3.8, 4) is 0 Å². The zero-order chi connectivity index (χ0) is 20.2. The van der Waals surface area contributed by atoms with Gasteiger partial charge >= 0.3 is 5.97 Å². The first-order valence-corrected chi connectivity index (χ1v) is 8.12. The van der Waals surface area contributed by atoms with Crippen molar-refractivity contribution in [3.63, 3.8) is 0 Å². The quantitative estimate of drug-likeness (QED) is 0.233. The van der Waals surface area contributed by atoms with Crippen LogP contribution >= 0.6 is 0 Å². The SMILES string of the molecule is [N-]=[N+]=Nc1ccc(N=C/C(=C/Nc2ccc(N=[N+]=[N-])cc2)CCC(=O)O)cc1. The summed E-state index contributed by atoms with van der Waals surface area (Å²) >= 11 is 0. The van der Waals surface area contributed by atoms with E-state index in [-0.39, 0.29) is 6.42 Å². The first-order chi connectivity index (χ1) is 13.6. The molecule has 0 saturated heterocycles. The topological polar surface area (TPSA) is 159 Å². The highest BCUT2D eigenvalue weighted by Gasteiger charge is 2.01. The zero-order valence-corrected chi connectivity index (χ0v) is 14.7. The summed E-state index contributed by atoms with van der Waals surface area (Å²) in [5.41, 5.74) is 19.9. The van der Waals surface area contributed by atoms with E-state index in [4.69, 9.17) is 16.2 Å². The Balaban J connectivity index is 2.13. The maximum atomic E-state index is 10.9. The number of nitrogens with zero attached hydrogens (tertiary/aromatic N) is 7. The Bertz CT molecular complexity index is 968. The molecule has 2 rings (SSSR count). The molecule has 0 aliphatic rings. The Morgan fingerprint density at radius 2 is 1.46 bits per heavy atom. The number of azide groups is 2. The highest BCUT2D eigenvalue weighted by atomic mass is 16.4. The monoisotopic (exact) mass is 376 g/mol. The van der Waals surface area contributed by atoms with Crippen LogP contribution in [0.2, 0.25) is 0 Å². The van der Waals surface area contributed by atoms with E-state index >= 15 is 0 Å². The summed E-state index contributed by atoms with van der Waals surface area (Å²) in [4.78, 5) is 20.6. The van der Waals surface area contributed by atoms with E-state index in [1.54, 1.807) is 60.9 Å². The number of hydrogen-bond donors (Lipinski definition) is 2. The van der Waals surface area contributed by atoms with Crippen LogP contribution in [0.25, 0.3) is 20.9 Å². The first-order valence-electron chi connectivity index (χ1n) is 8.12. The Morgan fingerprint density at radius 1 is 0.929 bits per heavy atom. The van der Waals surface area contributed by atoms with Crippen LogP contribution in [0, 0.1) is 0 Å². The van der Waals surface area contributed by atoms with Crippen molar-refractivity contribution in [2.75, 3.05) is 5.32 Å². The van der Waals surface area contributed by atoms with Crippen LogP contribution in [0.5, 0.6) is 0 Å². The van der Waals surface area contributed by atoms with Crippen LogP contribution in [0.15, 0.2) is 75.5 Å². The molecule has 0 saturated carbocycles. The standard InChI is InChI=1S/C18H16N8O2/c19-25-23-16-6-2-14(3-7-16)21-11-13(1-10-18(27)28)12-22-15-4-8-17(9-5-15)24-26-20/h2-9,11-12,21H,1,10H2,(H,27,28)/b13-11+,22-12?. The Morgan fingerprint density at radius 3 is 2.00 bits per heavy atom. The van der Waals surface area contributed by atoms with Gasteiger partial charge in [0.2, 0.25) is 0 Å². The van der Waals surface area contributed by atoms with Gasteiger partial charge in [0.1, 0.15) is 0 Å². The molecule has 0 aliphatic carbocycles. The molecule has 0 heterocycles. The van der Waals surface area contributed by atoms with Gasteiger partial charge in [-0.3, -0.25) is 9.79 Å². The molecule has 2 N–H and O–H groups in total. The van der Waals surface area contributed by atoms with Crippen LogP contribution in [0.4, 0.5) is 22.7 Å². The maximum absolute atomic E-state index is 10.9. The highest BCUT2D eigenvalue weighted by Crippen LogP contribution is 2.20. The van der Waals surface area contributed by atoms with Crippen molar-refractivity contribution in [2.45, 2.75) is 12.8 Å². The summed E-state index contributed by atoms with van der Waals surface area (Å²) in [7, 11) is 0. The third-order valence-electron chi connectivity index (χ3n) is 3.47. The molecule has 0 bridgehead atoms. The molecule has 140 valence electrons. The summed E-state index contributed by atoms with van der Waals surface area (Å²) in [5.74, 6) is -0.906. The molecule has 28 heavy (non-hydrogen) atoms. The number of aliphatic carboxylic acids is 1. The molecule has 0 unspecified atom stereocenters. The molecule has 0 radical (unpaired) electrons. The van der Waals surface area contributed by atoms with Crippen molar-refractivity contribution in [3.05, 3.63) is 81.2 Å². The minimum atomic E-state index is -0.906. The van der Waals surface area contributed by atoms with Gasteiger partial charge in [0.25, 0.3) is 0 Å². The molecule has 0 atom stereocenters. The van der Waals surface area contributed by atoms with Gasteiger partial charge in [0, 0.05) is 45.7 Å². The number of nitrogens with one attached hydrogen (secondary N) is 1. The summed E-state index contributed by atoms with van der Waals surface area (Å²) in [6, 6.07) is 13.4. The third kappa shape index (κ3) is 6.93. The number of allylic oxidation sites excluding steroid dienone is 1. The second kappa shape index (κ2) is 10.7. The molecular formula is C18H16N8O2. The van der Waals surface area contributed by atoms with Gasteiger partial charge in [-0.15, -0.1) is 0 Å². The van der Waals surface area contributed by atoms with Crippen LogP contribution in [-0.4, -0.2) is 17.3 Å². The number of hydrogen-bond acceptors (Lipinski definition) is 5. The van der Waals surface area contributed by atoms with Crippen molar-refractivity contribution in [1.29, 1.82) is 0 Å². The summed E-state index contributed by atoms with van der Waals surface area (Å²) < 4.78 is 0. The average molecular weight is 376 g/mol. The molecule has 2 aromatic rings. The van der Waals surface area contributed by atoms with Gasteiger partial charge < -0.3 is 10.4 Å². The number of aliphatic imine (C=N–C) groups is 1. The fraction of sp³-hybridized carbons (Fsp3) is 0.111. The lowest BCUT2D eigenvalue weighted by Gasteiger charge is -2.04. The number of carboxylic acid groups (broad SMARTS) is 1. The number of anilines is 1. The second-order valence-electron chi connectivity index (χ2n) is 5.46. The lowest BCUT2D eigenvalue weighted by atomic mass is 10.1. The molecule has 10 heteroatoms. The second-order valence-corrected chi connectivity index (χ2v) is 5.46. The van der Waals surface area contributed by atoms with Gasteiger partial charge in [-0.1, -0.05) is 34.5 Å². The minimum Gasteiger partial charge on any atom is -0.481 e. The Labute approximate surface area is 160 Å². The summed E-state index contributed by atoms with van der Waals surface area (Å²) in [6.07, 6.45) is 3.50. The zero-order valence-electron chi connectivity index (χ0n) is 14.7. The van der Waals surface area contributed by atoms with Crippen molar-refractivity contribution in [2.24, 2.45) is 15.2 Å². The van der Waals surface area contributed by atoms with E-state index in [1.165, 1.54) is 0 Å². The molecule has 0 fully saturated rings. The Hall–Kier alpha value is -4.26. The average Bonchev–Trinajstić information content (AvgIpc) is 2.70. The molecule has 0 spiro atoms. The fourth-order valence-electron chi connectivity index (χ4n) is 2.09. The molecule has 2 aromatic carbocycles. The van der Waals surface area contributed by atoms with Crippen molar-refractivity contribution in [1.82, 2.24) is 0 Å². The van der Waals surface area contributed by atoms with E-state index in [2.05, 4.69) is 30.4 Å². The van der Waals surface area contributed by atoms with Crippen LogP contribution in [0.3, 0.4) is 0 Å². The predicted molar refractivity (Wildman–Crippen MR) is 107 cm³/mol. The van der Waals surface area contributed by atoms with Crippen molar-refractivity contribution >= 4 is 34.9 Å². The normalized spacial score (nSPS) is 10.8. The lowest BCUT2D eigenvalue weighted by molar-refractivity contribution is -0.136. The predicted octanol–water partition coefficient (Wildman–Crippen LogP) is 6.13. The maximum Gasteiger partial charge on any atom is 0.303 e.